The van der Waals surface area contributed by atoms with Crippen LogP contribution in [-0.4, -0.2) is 11.3 Å². The van der Waals surface area contributed by atoms with Gasteiger partial charge in [0, 0.05) is 17.3 Å². The third kappa shape index (κ3) is 1.90. The molecule has 1 aromatic heterocycles. The van der Waals surface area contributed by atoms with E-state index < -0.39 is 12.1 Å². The normalized spacial score (nSPS) is 10.6. The summed E-state index contributed by atoms with van der Waals surface area (Å²) in [6, 6.07) is 0. The van der Waals surface area contributed by atoms with Gasteiger partial charge in [0.15, 0.2) is 6.29 Å². The van der Waals surface area contributed by atoms with Crippen molar-refractivity contribution < 1.29 is 13.6 Å². The molecule has 76 valence electrons. The Morgan fingerprint density at radius 1 is 1.64 bits per heavy atom. The average molecular weight is 220 g/mol. The first-order valence-electron chi connectivity index (χ1n) is 3.89. The Kier molecular flexibility index (Phi) is 3.52. The quantitative estimate of drug-likeness (QED) is 0.578. The molecule has 1 heterocycles. The molecule has 1 rings (SSSR count). The van der Waals surface area contributed by atoms with Crippen molar-refractivity contribution >= 4 is 17.9 Å². The number of hydrogen-bond donors (Lipinski definition) is 0. The van der Waals surface area contributed by atoms with Crippen molar-refractivity contribution in [2.24, 2.45) is 0 Å². The molecule has 5 heteroatoms. The second-order valence-corrected chi connectivity index (χ2v) is 3.04. The lowest BCUT2D eigenvalue weighted by atomic mass is 10.0. The molecule has 0 fully saturated rings. The van der Waals surface area contributed by atoms with Crippen LogP contribution in [0.15, 0.2) is 6.20 Å². The van der Waals surface area contributed by atoms with Crippen LogP contribution < -0.4 is 0 Å². The Labute approximate surface area is 84.9 Å². The molecule has 0 spiro atoms. The van der Waals surface area contributed by atoms with E-state index in [1.54, 1.807) is 6.92 Å². The van der Waals surface area contributed by atoms with Crippen molar-refractivity contribution in [3.8, 4) is 0 Å². The number of hydrogen-bond acceptors (Lipinski definition) is 2. The first kappa shape index (κ1) is 11.0. The fraction of sp³-hybridized carbons (Fsp3) is 0.333. The molecule has 0 saturated heterocycles. The van der Waals surface area contributed by atoms with Crippen LogP contribution in [0.1, 0.15) is 33.6 Å². The summed E-state index contributed by atoms with van der Waals surface area (Å²) < 4.78 is 24.9. The molecule has 1 aromatic rings. The molecule has 0 N–H and O–H groups in total. The lowest BCUT2D eigenvalue weighted by Crippen LogP contribution is -2.03. The van der Waals surface area contributed by atoms with Crippen LogP contribution in [0.2, 0.25) is 0 Å². The van der Waals surface area contributed by atoms with Crippen LogP contribution >= 0.6 is 11.6 Å². The van der Waals surface area contributed by atoms with Gasteiger partial charge in [0.25, 0.3) is 6.43 Å². The van der Waals surface area contributed by atoms with Crippen molar-refractivity contribution in [1.82, 2.24) is 4.98 Å². The van der Waals surface area contributed by atoms with E-state index in [0.717, 1.165) is 0 Å². The minimum Gasteiger partial charge on any atom is -0.298 e. The third-order valence-corrected chi connectivity index (χ3v) is 2.18. The van der Waals surface area contributed by atoms with Gasteiger partial charge in [-0.1, -0.05) is 0 Å². The summed E-state index contributed by atoms with van der Waals surface area (Å²) in [5.41, 5.74) is 0.481. The van der Waals surface area contributed by atoms with Crippen LogP contribution in [0.4, 0.5) is 8.78 Å². The number of aldehydes is 1. The minimum atomic E-state index is -2.71. The second kappa shape index (κ2) is 4.46. The van der Waals surface area contributed by atoms with E-state index >= 15 is 0 Å². The van der Waals surface area contributed by atoms with E-state index in [0.29, 0.717) is 11.8 Å². The Morgan fingerprint density at radius 3 is 2.71 bits per heavy atom. The highest BCUT2D eigenvalue weighted by Crippen LogP contribution is 2.25. The molecular formula is C9H8ClF2NO. The molecule has 2 nitrogen and oxygen atoms in total. The maximum atomic E-state index is 12.4. The van der Waals surface area contributed by atoms with Gasteiger partial charge in [0.2, 0.25) is 0 Å². The van der Waals surface area contributed by atoms with E-state index in [-0.39, 0.29) is 17.0 Å². The number of aromatic nitrogens is 1. The number of carbonyl (C=O) groups excluding carboxylic acids is 1. The average Bonchev–Trinajstić information content (AvgIpc) is 2.16. The van der Waals surface area contributed by atoms with Crippen molar-refractivity contribution in [2.45, 2.75) is 19.2 Å². The lowest BCUT2D eigenvalue weighted by molar-refractivity contribution is 0.112. The summed E-state index contributed by atoms with van der Waals surface area (Å²) in [6.45, 7) is 1.63. The Morgan fingerprint density at radius 2 is 2.29 bits per heavy atom. The molecule has 0 aliphatic carbocycles. The van der Waals surface area contributed by atoms with E-state index in [1.807, 2.05) is 0 Å². The van der Waals surface area contributed by atoms with Crippen molar-refractivity contribution in [3.05, 3.63) is 28.6 Å². The highest BCUT2D eigenvalue weighted by atomic mass is 35.5. The van der Waals surface area contributed by atoms with Crippen LogP contribution in [0.3, 0.4) is 0 Å². The van der Waals surface area contributed by atoms with Gasteiger partial charge in [0.1, 0.15) is 5.69 Å². The van der Waals surface area contributed by atoms with E-state index in [1.165, 1.54) is 6.20 Å². The first-order chi connectivity index (χ1) is 6.61. The van der Waals surface area contributed by atoms with Crippen molar-refractivity contribution in [1.29, 1.82) is 0 Å². The number of carbonyl (C=O) groups is 1. The molecule has 0 amide bonds. The molecule has 0 aromatic carbocycles. The summed E-state index contributed by atoms with van der Waals surface area (Å²) in [5, 5.41) is 0. The van der Waals surface area contributed by atoms with Crippen LogP contribution in [-0.2, 0) is 5.88 Å². The molecule has 14 heavy (non-hydrogen) atoms. The topological polar surface area (TPSA) is 30.0 Å². The van der Waals surface area contributed by atoms with Gasteiger partial charge in [0.05, 0.1) is 5.88 Å². The number of alkyl halides is 3. The second-order valence-electron chi connectivity index (χ2n) is 2.77. The standard InChI is InChI=1S/C9H8ClF2NO/c1-5-3-13-8(9(11)12)6(2-10)7(5)4-14/h3-4,9H,2H2,1H3. The smallest absolute Gasteiger partial charge is 0.280 e. The lowest BCUT2D eigenvalue weighted by Gasteiger charge is -2.09. The van der Waals surface area contributed by atoms with Gasteiger partial charge in [-0.25, -0.2) is 8.78 Å². The van der Waals surface area contributed by atoms with E-state index in [2.05, 4.69) is 4.98 Å². The summed E-state index contributed by atoms with van der Waals surface area (Å²) in [5.74, 6) is -0.136. The Hall–Kier alpha value is -1.03. The number of aryl methyl sites for hydroxylation is 1. The summed E-state index contributed by atoms with van der Waals surface area (Å²) in [4.78, 5) is 14.2. The van der Waals surface area contributed by atoms with Gasteiger partial charge in [-0.15, -0.1) is 11.6 Å². The van der Waals surface area contributed by atoms with Gasteiger partial charge in [-0.2, -0.15) is 0 Å². The fourth-order valence-electron chi connectivity index (χ4n) is 1.18. The summed E-state index contributed by atoms with van der Waals surface area (Å²) >= 11 is 5.50. The van der Waals surface area contributed by atoms with Crippen molar-refractivity contribution in [3.63, 3.8) is 0 Å². The molecule has 0 aliphatic heterocycles. The predicted molar refractivity (Wildman–Crippen MR) is 48.9 cm³/mol. The monoisotopic (exact) mass is 219 g/mol. The van der Waals surface area contributed by atoms with Crippen molar-refractivity contribution in [2.75, 3.05) is 0 Å². The molecule has 0 atom stereocenters. The van der Waals surface area contributed by atoms with Crippen LogP contribution in [0.25, 0.3) is 0 Å². The highest BCUT2D eigenvalue weighted by molar-refractivity contribution is 6.17. The molecular weight excluding hydrogens is 212 g/mol. The van der Waals surface area contributed by atoms with E-state index in [9.17, 15) is 13.6 Å². The molecule has 0 saturated carbocycles. The number of nitrogens with zero attached hydrogens (tertiary/aromatic N) is 1. The zero-order valence-corrected chi connectivity index (χ0v) is 8.18. The molecule has 0 bridgehead atoms. The van der Waals surface area contributed by atoms with Crippen LogP contribution in [0.5, 0.6) is 0 Å². The van der Waals surface area contributed by atoms with Gasteiger partial charge >= 0.3 is 0 Å². The SMILES string of the molecule is Cc1cnc(C(F)F)c(CCl)c1C=O. The summed E-state index contributed by atoms with van der Waals surface area (Å²) in [7, 11) is 0. The maximum Gasteiger partial charge on any atom is 0.280 e. The maximum absolute atomic E-state index is 12.4. The van der Waals surface area contributed by atoms with Gasteiger partial charge < -0.3 is 0 Å². The third-order valence-electron chi connectivity index (χ3n) is 1.91. The number of rotatable bonds is 3. The Balaban J connectivity index is 3.40. The van der Waals surface area contributed by atoms with Gasteiger partial charge in [-0.3, -0.25) is 9.78 Å². The van der Waals surface area contributed by atoms with E-state index in [4.69, 9.17) is 11.6 Å². The summed E-state index contributed by atoms with van der Waals surface area (Å²) in [6.07, 6.45) is -0.926. The number of halogens is 3. The first-order valence-corrected chi connectivity index (χ1v) is 4.43. The number of pyridine rings is 1. The molecule has 0 radical (unpaired) electrons. The largest absolute Gasteiger partial charge is 0.298 e. The Bertz CT molecular complexity index is 355. The fourth-order valence-corrected chi connectivity index (χ4v) is 1.46. The zero-order chi connectivity index (χ0) is 10.7. The van der Waals surface area contributed by atoms with Crippen LogP contribution in [0, 0.1) is 6.92 Å². The predicted octanol–water partition coefficient (Wildman–Crippen LogP) is 2.88. The zero-order valence-electron chi connectivity index (χ0n) is 7.43. The van der Waals surface area contributed by atoms with Gasteiger partial charge in [-0.05, 0) is 12.5 Å². The minimum absolute atomic E-state index is 0.122. The molecule has 0 aliphatic rings. The molecule has 0 unspecified atom stereocenters. The highest BCUT2D eigenvalue weighted by Gasteiger charge is 2.18.